The second kappa shape index (κ2) is 7.67. The van der Waals surface area contributed by atoms with E-state index >= 15 is 0 Å². The van der Waals surface area contributed by atoms with E-state index in [9.17, 15) is 4.39 Å². The summed E-state index contributed by atoms with van der Waals surface area (Å²) in [5, 5.41) is 3.05. The second-order valence-electron chi connectivity index (χ2n) is 5.10. The summed E-state index contributed by atoms with van der Waals surface area (Å²) in [4.78, 5) is 0. The van der Waals surface area contributed by atoms with Gasteiger partial charge in [-0.15, -0.1) is 0 Å². The molecule has 1 unspecified atom stereocenters. The monoisotopic (exact) mass is 287 g/mol. The van der Waals surface area contributed by atoms with Crippen molar-refractivity contribution in [3.63, 3.8) is 0 Å². The maximum absolute atomic E-state index is 13.5. The molecular formula is C18H22FNO. The first-order valence-electron chi connectivity index (χ1n) is 7.42. The van der Waals surface area contributed by atoms with Gasteiger partial charge in [-0.25, -0.2) is 4.39 Å². The van der Waals surface area contributed by atoms with Gasteiger partial charge in [0.25, 0.3) is 0 Å². The molecule has 0 aliphatic heterocycles. The maximum Gasteiger partial charge on any atom is 0.146 e. The third-order valence-corrected chi connectivity index (χ3v) is 3.61. The number of ether oxygens (including phenoxy) is 1. The van der Waals surface area contributed by atoms with Gasteiger partial charge in [-0.3, -0.25) is 0 Å². The highest BCUT2D eigenvalue weighted by molar-refractivity contribution is 5.44. The average Bonchev–Trinajstić information content (AvgIpc) is 2.52. The Morgan fingerprint density at radius 2 is 1.81 bits per heavy atom. The van der Waals surface area contributed by atoms with Crippen LogP contribution in [0.2, 0.25) is 0 Å². The molecule has 0 saturated carbocycles. The van der Waals surface area contributed by atoms with Crippen LogP contribution in [-0.2, 0) is 0 Å². The molecule has 0 amide bonds. The molecule has 0 fully saturated rings. The zero-order valence-corrected chi connectivity index (χ0v) is 12.6. The van der Waals surface area contributed by atoms with Crippen LogP contribution in [0.4, 0.5) is 10.1 Å². The zero-order valence-electron chi connectivity index (χ0n) is 12.6. The molecule has 0 aromatic heterocycles. The number of rotatable bonds is 7. The van der Waals surface area contributed by atoms with Gasteiger partial charge in [-0.1, -0.05) is 44.2 Å². The lowest BCUT2D eigenvalue weighted by molar-refractivity contribution is 0.327. The molecule has 112 valence electrons. The molecule has 3 heteroatoms. The predicted molar refractivity (Wildman–Crippen MR) is 85.5 cm³/mol. The summed E-state index contributed by atoms with van der Waals surface area (Å²) in [5.74, 6) is 1.15. The third-order valence-electron chi connectivity index (χ3n) is 3.61. The molecular weight excluding hydrogens is 265 g/mol. The molecule has 0 bridgehead atoms. The molecule has 0 aliphatic carbocycles. The molecule has 0 saturated heterocycles. The van der Waals surface area contributed by atoms with Crippen LogP contribution in [0.3, 0.4) is 0 Å². The first kappa shape index (κ1) is 15.4. The average molecular weight is 287 g/mol. The van der Waals surface area contributed by atoms with E-state index in [1.54, 1.807) is 12.1 Å². The van der Waals surface area contributed by atoms with E-state index < -0.39 is 0 Å². The molecule has 0 radical (unpaired) electrons. The number of nitrogens with one attached hydrogen (secondary N) is 1. The standard InChI is InChI=1S/C18H22FNO/c1-3-14(2)15-8-4-7-11-18(15)21-13-12-20-17-10-6-5-9-16(17)19/h4-11,14,20H,3,12-13H2,1-2H3. The fraction of sp³-hybridized carbons (Fsp3) is 0.333. The van der Waals surface area contributed by atoms with E-state index in [4.69, 9.17) is 4.74 Å². The number of halogens is 1. The summed E-state index contributed by atoms with van der Waals surface area (Å²) in [5.41, 5.74) is 1.74. The first-order valence-corrected chi connectivity index (χ1v) is 7.42. The largest absolute Gasteiger partial charge is 0.491 e. The minimum absolute atomic E-state index is 0.238. The highest BCUT2D eigenvalue weighted by Gasteiger charge is 2.09. The van der Waals surface area contributed by atoms with E-state index in [-0.39, 0.29) is 5.82 Å². The Morgan fingerprint density at radius 1 is 1.10 bits per heavy atom. The van der Waals surface area contributed by atoms with Gasteiger partial charge in [0, 0.05) is 6.54 Å². The summed E-state index contributed by atoms with van der Waals surface area (Å²) >= 11 is 0. The van der Waals surface area contributed by atoms with Crippen LogP contribution in [0, 0.1) is 5.82 Å². The van der Waals surface area contributed by atoms with Crippen LogP contribution < -0.4 is 10.1 Å². The van der Waals surface area contributed by atoms with E-state index in [0.29, 0.717) is 24.8 Å². The van der Waals surface area contributed by atoms with Gasteiger partial charge in [0.05, 0.1) is 5.69 Å². The van der Waals surface area contributed by atoms with Crippen molar-refractivity contribution in [1.82, 2.24) is 0 Å². The molecule has 2 nitrogen and oxygen atoms in total. The Bertz CT molecular complexity index is 571. The van der Waals surface area contributed by atoms with E-state index in [2.05, 4.69) is 25.2 Å². The predicted octanol–water partition coefficient (Wildman–Crippen LogP) is 4.83. The van der Waals surface area contributed by atoms with Crippen molar-refractivity contribution in [2.24, 2.45) is 0 Å². The van der Waals surface area contributed by atoms with Crippen LogP contribution in [0.5, 0.6) is 5.75 Å². The Hall–Kier alpha value is -2.03. The van der Waals surface area contributed by atoms with Crippen LogP contribution in [-0.4, -0.2) is 13.2 Å². The van der Waals surface area contributed by atoms with Gasteiger partial charge in [0.2, 0.25) is 0 Å². The third kappa shape index (κ3) is 4.22. The van der Waals surface area contributed by atoms with Crippen molar-refractivity contribution < 1.29 is 9.13 Å². The van der Waals surface area contributed by atoms with Crippen molar-refractivity contribution in [1.29, 1.82) is 0 Å². The summed E-state index contributed by atoms with van der Waals surface area (Å²) in [6, 6.07) is 14.8. The molecule has 2 aromatic rings. The maximum atomic E-state index is 13.5. The number of para-hydroxylation sites is 2. The van der Waals surface area contributed by atoms with Crippen LogP contribution in [0.25, 0.3) is 0 Å². The van der Waals surface area contributed by atoms with Crippen LogP contribution in [0.1, 0.15) is 31.7 Å². The van der Waals surface area contributed by atoms with Crippen molar-refractivity contribution >= 4 is 5.69 Å². The number of anilines is 1. The van der Waals surface area contributed by atoms with E-state index in [1.165, 1.54) is 11.6 Å². The van der Waals surface area contributed by atoms with Crippen LogP contribution >= 0.6 is 0 Å². The Balaban J connectivity index is 1.88. The van der Waals surface area contributed by atoms with Crippen molar-refractivity contribution in [2.75, 3.05) is 18.5 Å². The second-order valence-corrected chi connectivity index (χ2v) is 5.10. The first-order chi connectivity index (χ1) is 10.2. The lowest BCUT2D eigenvalue weighted by atomic mass is 9.98. The van der Waals surface area contributed by atoms with E-state index in [1.807, 2.05) is 24.3 Å². The summed E-state index contributed by atoms with van der Waals surface area (Å²) in [6.07, 6.45) is 1.08. The van der Waals surface area contributed by atoms with Crippen molar-refractivity contribution in [3.05, 3.63) is 59.9 Å². The van der Waals surface area contributed by atoms with Crippen molar-refractivity contribution in [2.45, 2.75) is 26.2 Å². The molecule has 0 spiro atoms. The Labute approximate surface area is 126 Å². The van der Waals surface area contributed by atoms with Gasteiger partial charge in [-0.2, -0.15) is 0 Å². The van der Waals surface area contributed by atoms with Gasteiger partial charge in [0.1, 0.15) is 18.2 Å². The molecule has 21 heavy (non-hydrogen) atoms. The van der Waals surface area contributed by atoms with Gasteiger partial charge < -0.3 is 10.1 Å². The highest BCUT2D eigenvalue weighted by atomic mass is 19.1. The zero-order chi connectivity index (χ0) is 15.1. The molecule has 0 heterocycles. The lowest BCUT2D eigenvalue weighted by Crippen LogP contribution is -2.13. The molecule has 2 rings (SSSR count). The van der Waals surface area contributed by atoms with E-state index in [0.717, 1.165) is 12.2 Å². The van der Waals surface area contributed by atoms with Gasteiger partial charge in [0.15, 0.2) is 0 Å². The number of hydrogen-bond acceptors (Lipinski definition) is 2. The quantitative estimate of drug-likeness (QED) is 0.736. The van der Waals surface area contributed by atoms with Gasteiger partial charge >= 0.3 is 0 Å². The fourth-order valence-electron chi connectivity index (χ4n) is 2.19. The molecule has 1 N–H and O–H groups in total. The molecule has 0 aliphatic rings. The Morgan fingerprint density at radius 3 is 2.57 bits per heavy atom. The molecule has 2 aromatic carbocycles. The number of hydrogen-bond donors (Lipinski definition) is 1. The smallest absolute Gasteiger partial charge is 0.146 e. The highest BCUT2D eigenvalue weighted by Crippen LogP contribution is 2.28. The summed E-state index contributed by atoms with van der Waals surface area (Å²) in [7, 11) is 0. The lowest BCUT2D eigenvalue weighted by Gasteiger charge is -2.16. The van der Waals surface area contributed by atoms with Gasteiger partial charge in [-0.05, 0) is 36.1 Å². The van der Waals surface area contributed by atoms with Crippen LogP contribution in [0.15, 0.2) is 48.5 Å². The molecule has 1 atom stereocenters. The Kier molecular flexibility index (Phi) is 5.61. The minimum Gasteiger partial charge on any atom is -0.491 e. The topological polar surface area (TPSA) is 21.3 Å². The summed E-state index contributed by atoms with van der Waals surface area (Å²) < 4.78 is 19.3. The number of benzene rings is 2. The van der Waals surface area contributed by atoms with Crippen molar-refractivity contribution in [3.8, 4) is 5.75 Å². The fourth-order valence-corrected chi connectivity index (χ4v) is 2.19. The summed E-state index contributed by atoms with van der Waals surface area (Å²) in [6.45, 7) is 5.43. The minimum atomic E-state index is -0.238. The normalized spacial score (nSPS) is 12.0. The SMILES string of the molecule is CCC(C)c1ccccc1OCCNc1ccccc1F.